The molecule has 0 spiro atoms. The van der Waals surface area contributed by atoms with Crippen molar-refractivity contribution >= 4 is 17.0 Å². The molecule has 1 aliphatic rings. The summed E-state index contributed by atoms with van der Waals surface area (Å²) in [6.45, 7) is 1.87. The SMILES string of the molecule is CSC(=O)NC[C@@H]1CCCN1. The van der Waals surface area contributed by atoms with Crippen molar-refractivity contribution in [2.24, 2.45) is 0 Å². The molecule has 1 amide bonds. The molecule has 4 heteroatoms. The Hall–Kier alpha value is -0.220. The van der Waals surface area contributed by atoms with Crippen molar-refractivity contribution in [1.29, 1.82) is 0 Å². The van der Waals surface area contributed by atoms with E-state index < -0.39 is 0 Å². The van der Waals surface area contributed by atoms with Gasteiger partial charge in [0.15, 0.2) is 0 Å². The molecule has 1 rings (SSSR count). The Morgan fingerprint density at radius 3 is 3.18 bits per heavy atom. The number of carbonyl (C=O) groups is 1. The summed E-state index contributed by atoms with van der Waals surface area (Å²) in [5, 5.41) is 6.22. The van der Waals surface area contributed by atoms with E-state index in [0.29, 0.717) is 6.04 Å². The number of amides is 1. The third-order valence-corrected chi connectivity index (χ3v) is 2.36. The van der Waals surface area contributed by atoms with Gasteiger partial charge in [0.05, 0.1) is 0 Å². The summed E-state index contributed by atoms with van der Waals surface area (Å²) in [6, 6.07) is 0.506. The molecule has 1 fully saturated rings. The lowest BCUT2D eigenvalue weighted by Gasteiger charge is -2.09. The number of hydrogen-bond donors (Lipinski definition) is 2. The van der Waals surface area contributed by atoms with Gasteiger partial charge in [0.2, 0.25) is 0 Å². The fraction of sp³-hybridized carbons (Fsp3) is 0.857. The molecule has 3 nitrogen and oxygen atoms in total. The molecular formula is C7H14N2OS. The predicted molar refractivity (Wildman–Crippen MR) is 47.9 cm³/mol. The molecule has 0 radical (unpaired) electrons. The van der Waals surface area contributed by atoms with Crippen LogP contribution in [0.1, 0.15) is 12.8 Å². The second kappa shape index (κ2) is 4.62. The Morgan fingerprint density at radius 2 is 2.64 bits per heavy atom. The molecule has 1 atom stereocenters. The van der Waals surface area contributed by atoms with Crippen molar-refractivity contribution in [3.8, 4) is 0 Å². The van der Waals surface area contributed by atoms with Gasteiger partial charge in [0.25, 0.3) is 5.24 Å². The lowest BCUT2D eigenvalue weighted by atomic mass is 10.2. The summed E-state index contributed by atoms with van der Waals surface area (Å²) in [4.78, 5) is 10.8. The highest BCUT2D eigenvalue weighted by molar-refractivity contribution is 8.12. The molecule has 11 heavy (non-hydrogen) atoms. The lowest BCUT2D eigenvalue weighted by Crippen LogP contribution is -2.35. The van der Waals surface area contributed by atoms with Crippen LogP contribution in [0.2, 0.25) is 0 Å². The van der Waals surface area contributed by atoms with Crippen LogP contribution in [-0.4, -0.2) is 30.6 Å². The summed E-state index contributed by atoms with van der Waals surface area (Å²) < 4.78 is 0. The first-order chi connectivity index (χ1) is 5.33. The lowest BCUT2D eigenvalue weighted by molar-refractivity contribution is 0.260. The number of carbonyl (C=O) groups excluding carboxylic acids is 1. The first kappa shape index (κ1) is 8.87. The van der Waals surface area contributed by atoms with Gasteiger partial charge in [-0.1, -0.05) is 11.8 Å². The van der Waals surface area contributed by atoms with E-state index in [1.807, 2.05) is 0 Å². The van der Waals surface area contributed by atoms with E-state index in [1.165, 1.54) is 24.6 Å². The molecule has 1 aliphatic heterocycles. The van der Waals surface area contributed by atoms with E-state index in [-0.39, 0.29) is 5.24 Å². The van der Waals surface area contributed by atoms with Crippen LogP contribution in [-0.2, 0) is 0 Å². The molecule has 0 saturated carbocycles. The Kier molecular flexibility index (Phi) is 3.72. The van der Waals surface area contributed by atoms with Gasteiger partial charge in [-0.25, -0.2) is 0 Å². The molecular weight excluding hydrogens is 160 g/mol. The maximum absolute atomic E-state index is 10.8. The minimum Gasteiger partial charge on any atom is -0.345 e. The van der Waals surface area contributed by atoms with Gasteiger partial charge in [-0.05, 0) is 25.6 Å². The van der Waals surface area contributed by atoms with E-state index in [9.17, 15) is 4.79 Å². The highest BCUT2D eigenvalue weighted by atomic mass is 32.2. The van der Waals surface area contributed by atoms with Crippen LogP contribution < -0.4 is 10.6 Å². The molecule has 2 N–H and O–H groups in total. The van der Waals surface area contributed by atoms with Gasteiger partial charge in [-0.2, -0.15) is 0 Å². The van der Waals surface area contributed by atoms with E-state index in [2.05, 4.69) is 10.6 Å². The topological polar surface area (TPSA) is 41.1 Å². The second-order valence-electron chi connectivity index (χ2n) is 2.67. The fourth-order valence-corrected chi connectivity index (χ4v) is 1.44. The molecule has 0 bridgehead atoms. The molecule has 1 saturated heterocycles. The monoisotopic (exact) mass is 174 g/mol. The largest absolute Gasteiger partial charge is 0.345 e. The van der Waals surface area contributed by atoms with Gasteiger partial charge in [-0.15, -0.1) is 0 Å². The first-order valence-corrected chi connectivity index (χ1v) is 5.10. The second-order valence-corrected chi connectivity index (χ2v) is 3.44. The van der Waals surface area contributed by atoms with Gasteiger partial charge in [-0.3, -0.25) is 4.79 Å². The first-order valence-electron chi connectivity index (χ1n) is 3.88. The molecule has 0 aliphatic carbocycles. The number of nitrogens with one attached hydrogen (secondary N) is 2. The molecule has 64 valence electrons. The molecule has 0 unspecified atom stereocenters. The maximum Gasteiger partial charge on any atom is 0.278 e. The van der Waals surface area contributed by atoms with E-state index in [4.69, 9.17) is 0 Å². The summed E-state index contributed by atoms with van der Waals surface area (Å²) in [5.41, 5.74) is 0. The van der Waals surface area contributed by atoms with Crippen LogP contribution in [0.4, 0.5) is 4.79 Å². The summed E-state index contributed by atoms with van der Waals surface area (Å²) >= 11 is 1.23. The van der Waals surface area contributed by atoms with Gasteiger partial charge in [0.1, 0.15) is 0 Å². The van der Waals surface area contributed by atoms with Crippen molar-refractivity contribution in [1.82, 2.24) is 10.6 Å². The van der Waals surface area contributed by atoms with Crippen LogP contribution >= 0.6 is 11.8 Å². The van der Waals surface area contributed by atoms with E-state index >= 15 is 0 Å². The molecule has 0 aromatic carbocycles. The van der Waals surface area contributed by atoms with Crippen molar-refractivity contribution < 1.29 is 4.79 Å². The quantitative estimate of drug-likeness (QED) is 0.651. The van der Waals surface area contributed by atoms with E-state index in [1.54, 1.807) is 6.26 Å². The van der Waals surface area contributed by atoms with Crippen molar-refractivity contribution in [3.63, 3.8) is 0 Å². The van der Waals surface area contributed by atoms with Gasteiger partial charge in [0, 0.05) is 12.6 Å². The Labute approximate surface area is 71.3 Å². The fourth-order valence-electron chi connectivity index (χ4n) is 1.21. The van der Waals surface area contributed by atoms with Gasteiger partial charge < -0.3 is 10.6 Å². The van der Waals surface area contributed by atoms with Crippen LogP contribution in [0.5, 0.6) is 0 Å². The highest BCUT2D eigenvalue weighted by Crippen LogP contribution is 2.03. The minimum absolute atomic E-state index is 0.0682. The van der Waals surface area contributed by atoms with Crippen LogP contribution in [0, 0.1) is 0 Å². The smallest absolute Gasteiger partial charge is 0.278 e. The van der Waals surface area contributed by atoms with Crippen molar-refractivity contribution in [3.05, 3.63) is 0 Å². The normalized spacial score (nSPS) is 23.5. The number of thioether (sulfide) groups is 1. The molecule has 0 aromatic rings. The van der Waals surface area contributed by atoms with Gasteiger partial charge >= 0.3 is 0 Å². The average molecular weight is 174 g/mol. The zero-order chi connectivity index (χ0) is 8.10. The number of hydrogen-bond acceptors (Lipinski definition) is 3. The third kappa shape index (κ3) is 3.12. The van der Waals surface area contributed by atoms with Crippen LogP contribution in [0.3, 0.4) is 0 Å². The zero-order valence-electron chi connectivity index (χ0n) is 6.72. The Morgan fingerprint density at radius 1 is 1.82 bits per heavy atom. The molecule has 0 aromatic heterocycles. The van der Waals surface area contributed by atoms with Crippen LogP contribution in [0.15, 0.2) is 0 Å². The van der Waals surface area contributed by atoms with Crippen LogP contribution in [0.25, 0.3) is 0 Å². The maximum atomic E-state index is 10.8. The van der Waals surface area contributed by atoms with Crippen molar-refractivity contribution in [2.45, 2.75) is 18.9 Å². The summed E-state index contributed by atoms with van der Waals surface area (Å²) in [7, 11) is 0. The summed E-state index contributed by atoms with van der Waals surface area (Å²) in [5.74, 6) is 0. The number of rotatable bonds is 2. The molecule has 1 heterocycles. The highest BCUT2D eigenvalue weighted by Gasteiger charge is 2.13. The summed E-state index contributed by atoms with van der Waals surface area (Å²) in [6.07, 6.45) is 4.21. The van der Waals surface area contributed by atoms with Crippen molar-refractivity contribution in [2.75, 3.05) is 19.3 Å². The standard InChI is InChI=1S/C7H14N2OS/c1-11-7(10)9-5-6-3-2-4-8-6/h6,8H,2-5H2,1H3,(H,9,10)/t6-/m0/s1. The average Bonchev–Trinajstić information content (AvgIpc) is 2.52. The third-order valence-electron chi connectivity index (χ3n) is 1.84. The Balaban J connectivity index is 2.06. The Bertz CT molecular complexity index is 134. The zero-order valence-corrected chi connectivity index (χ0v) is 7.54. The minimum atomic E-state index is 0.0682. The predicted octanol–water partition coefficient (Wildman–Crippen LogP) is 0.811. The van der Waals surface area contributed by atoms with E-state index in [0.717, 1.165) is 13.1 Å².